The smallest absolute Gasteiger partial charge is 0.277 e. The van der Waals surface area contributed by atoms with E-state index in [4.69, 9.17) is 11.6 Å². The fourth-order valence-electron chi connectivity index (χ4n) is 1.89. The number of para-hydroxylation sites is 1. The summed E-state index contributed by atoms with van der Waals surface area (Å²) in [4.78, 5) is 7.08. The summed E-state index contributed by atoms with van der Waals surface area (Å²) in [6.45, 7) is 0. The van der Waals surface area contributed by atoms with E-state index in [2.05, 4.69) is 20.2 Å². The molecule has 0 unspecified atom stereocenters. The molecule has 2 aromatic heterocycles. The van der Waals surface area contributed by atoms with Crippen LogP contribution in [0.4, 0.5) is 13.2 Å². The van der Waals surface area contributed by atoms with Gasteiger partial charge in [0.05, 0.1) is 5.52 Å². The molecule has 0 atom stereocenters. The molecule has 20 heavy (non-hydrogen) atoms. The van der Waals surface area contributed by atoms with Gasteiger partial charge < -0.3 is 0 Å². The highest BCUT2D eigenvalue weighted by Gasteiger charge is 2.36. The SMILES string of the molecule is FC(F)(F)c1cnc(Cl)nc1-c1n[nH]c2ccccc12. The third-order valence-electron chi connectivity index (χ3n) is 2.76. The Kier molecular flexibility index (Phi) is 2.86. The first-order chi connectivity index (χ1) is 9.47. The molecule has 0 aliphatic heterocycles. The van der Waals surface area contributed by atoms with Gasteiger partial charge in [0.2, 0.25) is 5.28 Å². The Morgan fingerprint density at radius 1 is 1.10 bits per heavy atom. The van der Waals surface area contributed by atoms with Crippen molar-refractivity contribution in [1.82, 2.24) is 20.2 Å². The molecule has 3 aromatic rings. The molecule has 1 N–H and O–H groups in total. The van der Waals surface area contributed by atoms with Gasteiger partial charge in [-0.2, -0.15) is 18.3 Å². The van der Waals surface area contributed by atoms with Gasteiger partial charge in [-0.15, -0.1) is 0 Å². The zero-order chi connectivity index (χ0) is 14.3. The van der Waals surface area contributed by atoms with Crippen molar-refractivity contribution in [3.63, 3.8) is 0 Å². The molecule has 3 rings (SSSR count). The minimum Gasteiger partial charge on any atom is -0.277 e. The fraction of sp³-hybridized carbons (Fsp3) is 0.0833. The van der Waals surface area contributed by atoms with Crippen LogP contribution in [0.3, 0.4) is 0 Å². The maximum absolute atomic E-state index is 13.0. The number of H-pyrrole nitrogens is 1. The lowest BCUT2D eigenvalue weighted by atomic mass is 10.1. The Balaban J connectivity index is 2.31. The Morgan fingerprint density at radius 2 is 1.85 bits per heavy atom. The normalized spacial score (nSPS) is 12.0. The number of fused-ring (bicyclic) bond motifs is 1. The lowest BCUT2D eigenvalue weighted by Gasteiger charge is -2.10. The van der Waals surface area contributed by atoms with Crippen molar-refractivity contribution < 1.29 is 13.2 Å². The van der Waals surface area contributed by atoms with Gasteiger partial charge in [-0.1, -0.05) is 18.2 Å². The summed E-state index contributed by atoms with van der Waals surface area (Å²) < 4.78 is 39.0. The first kappa shape index (κ1) is 12.9. The van der Waals surface area contributed by atoms with Gasteiger partial charge in [-0.05, 0) is 17.7 Å². The van der Waals surface area contributed by atoms with Crippen LogP contribution in [0, 0.1) is 0 Å². The summed E-state index contributed by atoms with van der Waals surface area (Å²) in [5, 5.41) is 6.84. The predicted octanol–water partition coefficient (Wildman–Crippen LogP) is 3.69. The summed E-state index contributed by atoms with van der Waals surface area (Å²) in [5.74, 6) is 0. The molecular weight excluding hydrogens is 293 g/mol. The molecule has 0 bridgehead atoms. The van der Waals surface area contributed by atoms with Gasteiger partial charge in [0.1, 0.15) is 17.0 Å². The highest BCUT2D eigenvalue weighted by atomic mass is 35.5. The Hall–Kier alpha value is -2.15. The zero-order valence-electron chi connectivity index (χ0n) is 9.74. The van der Waals surface area contributed by atoms with Crippen LogP contribution in [0.1, 0.15) is 5.56 Å². The van der Waals surface area contributed by atoms with Crippen LogP contribution >= 0.6 is 11.6 Å². The number of rotatable bonds is 1. The number of aromatic nitrogens is 4. The van der Waals surface area contributed by atoms with E-state index in [0.29, 0.717) is 17.1 Å². The van der Waals surface area contributed by atoms with Crippen LogP contribution in [0.5, 0.6) is 0 Å². The summed E-state index contributed by atoms with van der Waals surface area (Å²) in [7, 11) is 0. The topological polar surface area (TPSA) is 54.5 Å². The average molecular weight is 299 g/mol. The molecule has 0 aliphatic rings. The molecular formula is C12H6ClF3N4. The molecule has 0 saturated carbocycles. The van der Waals surface area contributed by atoms with E-state index in [-0.39, 0.29) is 16.7 Å². The van der Waals surface area contributed by atoms with Crippen LogP contribution in [0.15, 0.2) is 30.5 Å². The third-order valence-corrected chi connectivity index (χ3v) is 2.94. The maximum Gasteiger partial charge on any atom is 0.420 e. The highest BCUT2D eigenvalue weighted by Crippen LogP contribution is 2.37. The summed E-state index contributed by atoms with van der Waals surface area (Å²) in [6.07, 6.45) is -3.92. The van der Waals surface area contributed by atoms with Gasteiger partial charge in [0, 0.05) is 11.6 Å². The number of aromatic amines is 1. The second-order valence-electron chi connectivity index (χ2n) is 4.02. The first-order valence-electron chi connectivity index (χ1n) is 5.50. The van der Waals surface area contributed by atoms with E-state index >= 15 is 0 Å². The molecule has 0 amide bonds. The van der Waals surface area contributed by atoms with Crippen LogP contribution in [-0.2, 0) is 6.18 Å². The number of hydrogen-bond donors (Lipinski definition) is 1. The number of alkyl halides is 3. The number of nitrogens with zero attached hydrogens (tertiary/aromatic N) is 3. The third kappa shape index (κ3) is 2.09. The molecule has 0 spiro atoms. The highest BCUT2D eigenvalue weighted by molar-refractivity contribution is 6.28. The zero-order valence-corrected chi connectivity index (χ0v) is 10.5. The molecule has 102 valence electrons. The van der Waals surface area contributed by atoms with Crippen molar-refractivity contribution in [2.24, 2.45) is 0 Å². The van der Waals surface area contributed by atoms with Crippen LogP contribution in [-0.4, -0.2) is 20.2 Å². The number of benzene rings is 1. The van der Waals surface area contributed by atoms with Gasteiger partial charge >= 0.3 is 6.18 Å². The summed E-state index contributed by atoms with van der Waals surface area (Å²) in [5.41, 5.74) is -0.600. The monoisotopic (exact) mass is 298 g/mol. The largest absolute Gasteiger partial charge is 0.420 e. The van der Waals surface area contributed by atoms with Crippen LogP contribution in [0.2, 0.25) is 5.28 Å². The van der Waals surface area contributed by atoms with Crippen molar-refractivity contribution in [1.29, 1.82) is 0 Å². The lowest BCUT2D eigenvalue weighted by molar-refractivity contribution is -0.137. The van der Waals surface area contributed by atoms with E-state index < -0.39 is 11.7 Å². The Morgan fingerprint density at radius 3 is 2.60 bits per heavy atom. The van der Waals surface area contributed by atoms with E-state index in [9.17, 15) is 13.2 Å². The van der Waals surface area contributed by atoms with E-state index in [1.807, 2.05) is 0 Å². The molecule has 0 saturated heterocycles. The predicted molar refractivity (Wildman–Crippen MR) is 67.1 cm³/mol. The van der Waals surface area contributed by atoms with Crippen molar-refractivity contribution in [2.45, 2.75) is 6.18 Å². The van der Waals surface area contributed by atoms with Gasteiger partial charge in [0.25, 0.3) is 0 Å². The maximum atomic E-state index is 13.0. The molecule has 0 aliphatic carbocycles. The van der Waals surface area contributed by atoms with Crippen molar-refractivity contribution in [3.8, 4) is 11.4 Å². The number of nitrogens with one attached hydrogen (secondary N) is 1. The molecule has 2 heterocycles. The van der Waals surface area contributed by atoms with Crippen molar-refractivity contribution in [3.05, 3.63) is 41.3 Å². The molecule has 0 radical (unpaired) electrons. The first-order valence-corrected chi connectivity index (χ1v) is 5.88. The van der Waals surface area contributed by atoms with Gasteiger partial charge in [-0.25, -0.2) is 9.97 Å². The minimum absolute atomic E-state index is 0.0947. The standard InChI is InChI=1S/C12H6ClF3N4/c13-11-17-5-7(12(14,15)16)10(18-11)9-6-3-1-2-4-8(6)19-20-9/h1-5H,(H,19,20). The average Bonchev–Trinajstić information content (AvgIpc) is 2.80. The van der Waals surface area contributed by atoms with Crippen LogP contribution in [0.25, 0.3) is 22.3 Å². The van der Waals surface area contributed by atoms with E-state index in [1.54, 1.807) is 24.3 Å². The quantitative estimate of drug-likeness (QED) is 0.697. The van der Waals surface area contributed by atoms with Gasteiger partial charge in [0.15, 0.2) is 0 Å². The summed E-state index contributed by atoms with van der Waals surface area (Å²) >= 11 is 5.61. The molecule has 4 nitrogen and oxygen atoms in total. The fourth-order valence-corrected chi connectivity index (χ4v) is 2.03. The Labute approximate surface area is 115 Å². The number of hydrogen-bond acceptors (Lipinski definition) is 3. The molecule has 1 aromatic carbocycles. The van der Waals surface area contributed by atoms with Crippen molar-refractivity contribution in [2.75, 3.05) is 0 Å². The van der Waals surface area contributed by atoms with E-state index in [1.165, 1.54) is 0 Å². The van der Waals surface area contributed by atoms with E-state index in [0.717, 1.165) is 0 Å². The van der Waals surface area contributed by atoms with Gasteiger partial charge in [-0.3, -0.25) is 5.10 Å². The summed E-state index contributed by atoms with van der Waals surface area (Å²) in [6, 6.07) is 6.82. The number of halogens is 4. The molecule has 8 heteroatoms. The minimum atomic E-state index is -4.58. The van der Waals surface area contributed by atoms with Crippen LogP contribution < -0.4 is 0 Å². The lowest BCUT2D eigenvalue weighted by Crippen LogP contribution is -2.10. The second-order valence-corrected chi connectivity index (χ2v) is 4.35. The second kappa shape index (κ2) is 4.45. The van der Waals surface area contributed by atoms with Crippen molar-refractivity contribution >= 4 is 22.5 Å². The molecule has 0 fully saturated rings. The Bertz CT molecular complexity index is 782.